The van der Waals surface area contributed by atoms with Gasteiger partial charge < -0.3 is 14.6 Å². The summed E-state index contributed by atoms with van der Waals surface area (Å²) in [5.41, 5.74) is -1.04. The summed E-state index contributed by atoms with van der Waals surface area (Å²) in [6.45, 7) is 0. The van der Waals surface area contributed by atoms with Crippen molar-refractivity contribution in [2.75, 3.05) is 0 Å². The summed E-state index contributed by atoms with van der Waals surface area (Å²) < 4.78 is 10.8. The van der Waals surface area contributed by atoms with Crippen LogP contribution in [-0.4, -0.2) is 27.8 Å². The molecule has 0 unspecified atom stereocenters. The number of nitro groups is 1. The number of halogens is 1. The number of carbonyl (C=O) groups excluding carboxylic acids is 2. The van der Waals surface area contributed by atoms with Crippen molar-refractivity contribution in [1.82, 2.24) is 0 Å². The molecule has 9 heteroatoms. The van der Waals surface area contributed by atoms with Gasteiger partial charge in [0.2, 0.25) is 5.75 Å². The van der Waals surface area contributed by atoms with E-state index in [-0.39, 0.29) is 5.56 Å². The molecule has 0 aromatic heterocycles. The van der Waals surface area contributed by atoms with E-state index >= 15 is 0 Å². The summed E-state index contributed by atoms with van der Waals surface area (Å²) in [5.74, 6) is -3.58. The number of hydrogen-bond donors (Lipinski definition) is 1. The lowest BCUT2D eigenvalue weighted by atomic mass is 10.1. The number of phenols is 1. The fraction of sp³-hybridized carbons (Fsp3) is 0.333. The Morgan fingerprint density at radius 1 is 1.21 bits per heavy atom. The first-order valence-electron chi connectivity index (χ1n) is 7.17. The van der Waals surface area contributed by atoms with E-state index in [0.717, 1.165) is 25.0 Å². The van der Waals surface area contributed by atoms with Gasteiger partial charge in [0, 0.05) is 28.9 Å². The molecule has 0 atom stereocenters. The Kier molecular flexibility index (Phi) is 4.04. The largest absolute Gasteiger partial charge is 0.502 e. The molecular formula is C15H12BrNO7. The quantitative estimate of drug-likeness (QED) is 0.268. The van der Waals surface area contributed by atoms with Crippen LogP contribution in [0.1, 0.15) is 31.2 Å². The van der Waals surface area contributed by atoms with Crippen molar-refractivity contribution in [2.24, 2.45) is 0 Å². The van der Waals surface area contributed by atoms with Gasteiger partial charge in [0.05, 0.1) is 4.92 Å². The summed E-state index contributed by atoms with van der Waals surface area (Å²) in [6, 6.07) is 2.46. The average molecular weight is 398 g/mol. The average Bonchev–Trinajstić information content (AvgIpc) is 2.93. The maximum Gasteiger partial charge on any atom is 0.348 e. The molecule has 0 radical (unpaired) electrons. The number of nitrogens with zero attached hydrogens (tertiary/aromatic N) is 1. The molecule has 1 heterocycles. The van der Waals surface area contributed by atoms with Crippen LogP contribution in [0.3, 0.4) is 0 Å². The van der Waals surface area contributed by atoms with Gasteiger partial charge in [-0.25, -0.2) is 9.59 Å². The summed E-state index contributed by atoms with van der Waals surface area (Å²) in [7, 11) is 0. The highest BCUT2D eigenvalue weighted by molar-refractivity contribution is 9.10. The molecule has 1 aromatic rings. The lowest BCUT2D eigenvalue weighted by molar-refractivity contribution is -0.386. The zero-order chi connectivity index (χ0) is 17.5. The second-order valence-electron chi connectivity index (χ2n) is 5.57. The maximum absolute atomic E-state index is 12.2. The molecule has 1 saturated carbocycles. The van der Waals surface area contributed by atoms with Crippen LogP contribution >= 0.6 is 15.9 Å². The second kappa shape index (κ2) is 5.90. The van der Waals surface area contributed by atoms with Gasteiger partial charge in [0.1, 0.15) is 5.57 Å². The van der Waals surface area contributed by atoms with Crippen LogP contribution in [0, 0.1) is 10.1 Å². The number of hydrogen-bond acceptors (Lipinski definition) is 7. The van der Waals surface area contributed by atoms with Gasteiger partial charge in [-0.2, -0.15) is 0 Å². The van der Waals surface area contributed by atoms with Crippen LogP contribution in [0.5, 0.6) is 5.75 Å². The van der Waals surface area contributed by atoms with Crippen LogP contribution in [0.2, 0.25) is 0 Å². The molecule has 3 rings (SSSR count). The SMILES string of the molecule is O=C1OC2(CCCC2)OC(=O)C1=Cc1cc(Br)cc([N+](=O)[O-])c1O. The molecule has 1 spiro atoms. The zero-order valence-corrected chi connectivity index (χ0v) is 13.9. The van der Waals surface area contributed by atoms with Crippen molar-refractivity contribution in [3.05, 3.63) is 37.9 Å². The van der Waals surface area contributed by atoms with Gasteiger partial charge >= 0.3 is 17.6 Å². The molecule has 2 fully saturated rings. The zero-order valence-electron chi connectivity index (χ0n) is 12.3. The fourth-order valence-electron chi connectivity index (χ4n) is 2.80. The fourth-order valence-corrected chi connectivity index (χ4v) is 3.26. The Hall–Kier alpha value is -2.42. The van der Waals surface area contributed by atoms with Crippen molar-refractivity contribution >= 4 is 39.6 Å². The van der Waals surface area contributed by atoms with Crippen LogP contribution in [0.15, 0.2) is 22.2 Å². The Morgan fingerprint density at radius 2 is 1.79 bits per heavy atom. The van der Waals surface area contributed by atoms with Crippen LogP contribution in [0.25, 0.3) is 6.08 Å². The molecule has 1 aliphatic carbocycles. The number of carbonyl (C=O) groups is 2. The van der Waals surface area contributed by atoms with Crippen molar-refractivity contribution in [2.45, 2.75) is 31.5 Å². The minimum absolute atomic E-state index is 0.0673. The van der Waals surface area contributed by atoms with E-state index in [1.807, 2.05) is 0 Å². The molecular weight excluding hydrogens is 386 g/mol. The Morgan fingerprint density at radius 3 is 2.33 bits per heavy atom. The third-order valence-corrected chi connectivity index (χ3v) is 4.40. The van der Waals surface area contributed by atoms with Gasteiger partial charge in [0.25, 0.3) is 5.79 Å². The van der Waals surface area contributed by atoms with Crippen molar-refractivity contribution < 1.29 is 29.1 Å². The maximum atomic E-state index is 12.2. The lowest BCUT2D eigenvalue weighted by Gasteiger charge is -2.32. The highest BCUT2D eigenvalue weighted by Gasteiger charge is 2.48. The molecule has 1 saturated heterocycles. The number of aromatic hydroxyl groups is 1. The Balaban J connectivity index is 1.99. The number of benzene rings is 1. The Labute approximate surface area is 144 Å². The van der Waals surface area contributed by atoms with Gasteiger partial charge in [-0.3, -0.25) is 10.1 Å². The molecule has 2 aliphatic rings. The van der Waals surface area contributed by atoms with E-state index in [9.17, 15) is 24.8 Å². The van der Waals surface area contributed by atoms with Crippen LogP contribution < -0.4 is 0 Å². The minimum atomic E-state index is -1.20. The summed E-state index contributed by atoms with van der Waals surface area (Å²) in [5, 5.41) is 20.9. The third-order valence-electron chi connectivity index (χ3n) is 3.94. The molecule has 0 amide bonds. The number of rotatable bonds is 2. The van der Waals surface area contributed by atoms with E-state index in [1.165, 1.54) is 6.07 Å². The third kappa shape index (κ3) is 2.86. The highest BCUT2D eigenvalue weighted by atomic mass is 79.9. The Bertz CT molecular complexity index is 758. The molecule has 0 bridgehead atoms. The first kappa shape index (κ1) is 16.4. The van der Waals surface area contributed by atoms with Crippen LogP contribution in [-0.2, 0) is 19.1 Å². The number of ether oxygens (including phenoxy) is 2. The molecule has 1 aliphatic heterocycles. The lowest BCUT2D eigenvalue weighted by Crippen LogP contribution is -2.44. The number of phenolic OH excluding ortho intramolecular Hbond substituents is 1. The molecule has 8 nitrogen and oxygen atoms in total. The molecule has 1 aromatic carbocycles. The topological polar surface area (TPSA) is 116 Å². The van der Waals surface area contributed by atoms with E-state index in [1.54, 1.807) is 0 Å². The predicted molar refractivity (Wildman–Crippen MR) is 83.8 cm³/mol. The van der Waals surface area contributed by atoms with Gasteiger partial charge in [-0.1, -0.05) is 15.9 Å². The monoisotopic (exact) mass is 397 g/mol. The standard InChI is InChI=1S/C15H12BrNO7/c16-9-5-8(12(18)11(7-9)17(21)22)6-10-13(19)23-15(24-14(10)20)3-1-2-4-15/h5-7,18H,1-4H2. The highest BCUT2D eigenvalue weighted by Crippen LogP contribution is 2.40. The van der Waals surface area contributed by atoms with E-state index in [2.05, 4.69) is 15.9 Å². The first-order chi connectivity index (χ1) is 11.3. The molecule has 126 valence electrons. The summed E-state index contributed by atoms with van der Waals surface area (Å²) in [6.07, 6.45) is 3.51. The second-order valence-corrected chi connectivity index (χ2v) is 6.49. The first-order valence-corrected chi connectivity index (χ1v) is 7.96. The minimum Gasteiger partial charge on any atom is -0.502 e. The molecule has 24 heavy (non-hydrogen) atoms. The predicted octanol–water partition coefficient (Wildman–Crippen LogP) is 2.82. The van der Waals surface area contributed by atoms with E-state index < -0.39 is 39.7 Å². The van der Waals surface area contributed by atoms with Crippen molar-refractivity contribution in [3.63, 3.8) is 0 Å². The smallest absolute Gasteiger partial charge is 0.348 e. The summed E-state index contributed by atoms with van der Waals surface area (Å²) in [4.78, 5) is 34.5. The van der Waals surface area contributed by atoms with Gasteiger partial charge in [0.15, 0.2) is 0 Å². The van der Waals surface area contributed by atoms with Crippen LogP contribution in [0.4, 0.5) is 5.69 Å². The van der Waals surface area contributed by atoms with E-state index in [0.29, 0.717) is 17.3 Å². The summed E-state index contributed by atoms with van der Waals surface area (Å²) >= 11 is 3.08. The van der Waals surface area contributed by atoms with Gasteiger partial charge in [-0.05, 0) is 25.0 Å². The number of nitro benzene ring substituents is 1. The van der Waals surface area contributed by atoms with E-state index in [4.69, 9.17) is 9.47 Å². The number of esters is 2. The normalized spacial score (nSPS) is 19.1. The van der Waals surface area contributed by atoms with Crippen molar-refractivity contribution in [3.8, 4) is 5.75 Å². The van der Waals surface area contributed by atoms with Gasteiger partial charge in [-0.15, -0.1) is 0 Å². The molecule has 1 N–H and O–H groups in total. The van der Waals surface area contributed by atoms with Crippen molar-refractivity contribution in [1.29, 1.82) is 0 Å².